The van der Waals surface area contributed by atoms with Crippen LogP contribution in [0.1, 0.15) is 26.7 Å². The summed E-state index contributed by atoms with van der Waals surface area (Å²) in [6.45, 7) is 10.9. The zero-order valence-electron chi connectivity index (χ0n) is 26.9. The number of nitrogens with one attached hydrogen (secondary N) is 3. The third kappa shape index (κ3) is 7.34. The van der Waals surface area contributed by atoms with Gasteiger partial charge in [-0.2, -0.15) is 9.97 Å². The van der Waals surface area contributed by atoms with Gasteiger partial charge in [-0.1, -0.05) is 12.1 Å². The van der Waals surface area contributed by atoms with Crippen LogP contribution in [0.25, 0.3) is 11.0 Å². The van der Waals surface area contributed by atoms with Crippen LogP contribution in [0.5, 0.6) is 5.75 Å². The van der Waals surface area contributed by atoms with E-state index in [1.165, 1.54) is 25.9 Å². The molecule has 0 saturated carbocycles. The molecule has 0 radical (unpaired) electrons. The van der Waals surface area contributed by atoms with Crippen molar-refractivity contribution in [1.82, 2.24) is 24.8 Å². The van der Waals surface area contributed by atoms with E-state index in [0.29, 0.717) is 17.8 Å². The van der Waals surface area contributed by atoms with Crippen molar-refractivity contribution < 1.29 is 13.8 Å². The standard InChI is InChI=1S/C33H45N8O3P/c1-23(2)44-29-22-24(10-11-28(29)41-16-13-25(14-17-41)40-20-18-39(3)19-21-40)35-33-37-31-26(12-15-34-31)32(38-33)36-27-8-6-7-9-30(27)45(42-4)43-5/h6-12,15,22-23,25H,13-14,16-21H2,1-5H3,(H3,34,35,36,37,38). The predicted octanol–water partition coefficient (Wildman–Crippen LogP) is 5.68. The molecule has 12 heteroatoms. The number of piperazine rings is 1. The Labute approximate surface area is 267 Å². The van der Waals surface area contributed by atoms with Gasteiger partial charge in [0.15, 0.2) is 0 Å². The highest BCUT2D eigenvalue weighted by atomic mass is 31.2. The van der Waals surface area contributed by atoms with E-state index >= 15 is 0 Å². The van der Waals surface area contributed by atoms with Gasteiger partial charge in [-0.3, -0.25) is 4.90 Å². The van der Waals surface area contributed by atoms with Gasteiger partial charge in [-0.15, -0.1) is 0 Å². The molecule has 2 aliphatic heterocycles. The molecule has 0 bridgehead atoms. The van der Waals surface area contributed by atoms with Crippen LogP contribution in [-0.4, -0.2) is 97.4 Å². The van der Waals surface area contributed by atoms with Crippen LogP contribution < -0.4 is 25.6 Å². The number of ether oxygens (including phenoxy) is 1. The zero-order chi connectivity index (χ0) is 31.3. The number of H-pyrrole nitrogens is 1. The van der Waals surface area contributed by atoms with Gasteiger partial charge in [0.25, 0.3) is 0 Å². The first-order valence-electron chi connectivity index (χ1n) is 15.8. The second-order valence-electron chi connectivity index (χ2n) is 11.9. The summed E-state index contributed by atoms with van der Waals surface area (Å²) in [5.74, 6) is 2.02. The maximum atomic E-state index is 6.37. The molecule has 0 amide bonds. The normalized spacial score (nSPS) is 17.0. The molecule has 6 rings (SSSR count). The summed E-state index contributed by atoms with van der Waals surface area (Å²) >= 11 is 0. The van der Waals surface area contributed by atoms with Crippen LogP contribution in [0.2, 0.25) is 0 Å². The Morgan fingerprint density at radius 1 is 0.911 bits per heavy atom. The maximum Gasteiger partial charge on any atom is 0.231 e. The van der Waals surface area contributed by atoms with E-state index < -0.39 is 8.38 Å². The molecule has 4 aromatic rings. The summed E-state index contributed by atoms with van der Waals surface area (Å²) in [6, 6.07) is 16.9. The van der Waals surface area contributed by atoms with Gasteiger partial charge in [0.05, 0.1) is 28.2 Å². The van der Waals surface area contributed by atoms with Gasteiger partial charge >= 0.3 is 0 Å². The van der Waals surface area contributed by atoms with E-state index in [2.05, 4.69) is 69.4 Å². The van der Waals surface area contributed by atoms with E-state index in [4.69, 9.17) is 23.8 Å². The van der Waals surface area contributed by atoms with Crippen LogP contribution in [0.15, 0.2) is 54.7 Å². The predicted molar refractivity (Wildman–Crippen MR) is 184 cm³/mol. The summed E-state index contributed by atoms with van der Waals surface area (Å²) in [4.78, 5) is 20.5. The number of para-hydroxylation sites is 1. The largest absolute Gasteiger partial charge is 0.489 e. The van der Waals surface area contributed by atoms with Gasteiger partial charge in [0, 0.05) is 77.5 Å². The molecule has 0 spiro atoms. The lowest BCUT2D eigenvalue weighted by atomic mass is 10.0. The number of anilines is 5. The van der Waals surface area contributed by atoms with Crippen LogP contribution >= 0.6 is 8.38 Å². The molecule has 0 atom stereocenters. The highest BCUT2D eigenvalue weighted by Crippen LogP contribution is 2.39. The fourth-order valence-corrected chi connectivity index (χ4v) is 7.30. The third-order valence-corrected chi connectivity index (χ3v) is 9.99. The molecule has 45 heavy (non-hydrogen) atoms. The van der Waals surface area contributed by atoms with Crippen molar-refractivity contribution in [2.24, 2.45) is 0 Å². The Morgan fingerprint density at radius 3 is 2.40 bits per heavy atom. The second kappa shape index (κ2) is 14.3. The molecule has 2 fully saturated rings. The molecule has 2 aliphatic rings. The van der Waals surface area contributed by atoms with Crippen molar-refractivity contribution >= 4 is 53.5 Å². The first-order valence-corrected chi connectivity index (χ1v) is 16.9. The number of aromatic nitrogens is 3. The molecule has 0 aliphatic carbocycles. The first-order chi connectivity index (χ1) is 21.9. The van der Waals surface area contributed by atoms with Crippen molar-refractivity contribution in [3.8, 4) is 5.75 Å². The molecule has 2 aromatic heterocycles. The minimum absolute atomic E-state index is 0.0500. The molecular weight excluding hydrogens is 587 g/mol. The molecule has 0 unspecified atom stereocenters. The Morgan fingerprint density at radius 2 is 1.67 bits per heavy atom. The van der Waals surface area contributed by atoms with E-state index in [9.17, 15) is 0 Å². The van der Waals surface area contributed by atoms with Crippen LogP contribution in [0.3, 0.4) is 0 Å². The SMILES string of the molecule is COP(OC)c1ccccc1Nc1nc(Nc2ccc(N3CCC(N4CCN(C)CC4)CC3)c(OC(C)C)c2)nc2[nH]ccc12. The summed E-state index contributed by atoms with van der Waals surface area (Å²) in [5.41, 5.74) is 3.60. The van der Waals surface area contributed by atoms with E-state index in [0.717, 1.165) is 65.3 Å². The van der Waals surface area contributed by atoms with Gasteiger partial charge in [0.2, 0.25) is 14.3 Å². The number of piperidine rings is 1. The maximum absolute atomic E-state index is 6.37. The summed E-state index contributed by atoms with van der Waals surface area (Å²) in [7, 11) is 4.30. The van der Waals surface area contributed by atoms with Crippen molar-refractivity contribution in [3.63, 3.8) is 0 Å². The molecule has 2 saturated heterocycles. The van der Waals surface area contributed by atoms with E-state index in [-0.39, 0.29) is 6.10 Å². The number of benzene rings is 2. The number of nitrogens with zero attached hydrogens (tertiary/aromatic N) is 5. The minimum atomic E-state index is -1.23. The number of hydrogen-bond donors (Lipinski definition) is 3. The molecule has 11 nitrogen and oxygen atoms in total. The third-order valence-electron chi connectivity index (χ3n) is 8.54. The fraction of sp³-hybridized carbons (Fsp3) is 0.455. The van der Waals surface area contributed by atoms with Crippen molar-refractivity contribution in [3.05, 3.63) is 54.7 Å². The Bertz CT molecular complexity index is 1560. The highest BCUT2D eigenvalue weighted by Gasteiger charge is 2.28. The lowest BCUT2D eigenvalue weighted by Crippen LogP contribution is -2.52. The number of fused-ring (bicyclic) bond motifs is 1. The summed E-state index contributed by atoms with van der Waals surface area (Å²) < 4.78 is 17.6. The number of aromatic amines is 1. The Balaban J connectivity index is 1.21. The molecular formula is C33H45N8O3P. The van der Waals surface area contributed by atoms with E-state index in [1.807, 2.05) is 36.5 Å². The lowest BCUT2D eigenvalue weighted by Gasteiger charge is -2.42. The van der Waals surface area contributed by atoms with Gasteiger partial charge in [0.1, 0.15) is 17.2 Å². The average Bonchev–Trinajstić information content (AvgIpc) is 3.52. The zero-order valence-corrected chi connectivity index (χ0v) is 27.8. The smallest absolute Gasteiger partial charge is 0.231 e. The summed E-state index contributed by atoms with van der Waals surface area (Å²) in [5, 5.41) is 8.76. The fourth-order valence-electron chi connectivity index (χ4n) is 6.22. The van der Waals surface area contributed by atoms with Crippen LogP contribution in [0.4, 0.5) is 28.8 Å². The number of likely N-dealkylation sites (N-methyl/N-ethyl adjacent to an activating group) is 1. The highest BCUT2D eigenvalue weighted by molar-refractivity contribution is 7.56. The number of rotatable bonds is 11. The molecule has 4 heterocycles. The topological polar surface area (TPSA) is 103 Å². The Kier molecular flexibility index (Phi) is 10.0. The summed E-state index contributed by atoms with van der Waals surface area (Å²) in [6.07, 6.45) is 4.26. The van der Waals surface area contributed by atoms with Crippen LogP contribution in [0, 0.1) is 0 Å². The van der Waals surface area contributed by atoms with Crippen molar-refractivity contribution in [2.45, 2.75) is 38.8 Å². The molecule has 240 valence electrons. The minimum Gasteiger partial charge on any atom is -0.489 e. The lowest BCUT2D eigenvalue weighted by molar-refractivity contribution is 0.0981. The van der Waals surface area contributed by atoms with Crippen molar-refractivity contribution in [1.29, 1.82) is 0 Å². The van der Waals surface area contributed by atoms with E-state index in [1.54, 1.807) is 14.2 Å². The number of hydrogen-bond acceptors (Lipinski definition) is 10. The monoisotopic (exact) mass is 632 g/mol. The van der Waals surface area contributed by atoms with Gasteiger partial charge in [-0.25, -0.2) is 0 Å². The Hall–Kier alpha value is -3.47. The average molecular weight is 633 g/mol. The van der Waals surface area contributed by atoms with Gasteiger partial charge < -0.3 is 39.2 Å². The quantitative estimate of drug-likeness (QED) is 0.179. The van der Waals surface area contributed by atoms with Crippen molar-refractivity contribution in [2.75, 3.05) is 76.1 Å². The van der Waals surface area contributed by atoms with Gasteiger partial charge in [-0.05, 0) is 64.1 Å². The second-order valence-corrected chi connectivity index (χ2v) is 13.7. The first kappa shape index (κ1) is 31.5. The molecule has 2 aromatic carbocycles. The van der Waals surface area contributed by atoms with Crippen LogP contribution in [-0.2, 0) is 9.05 Å². The molecule has 3 N–H and O–H groups in total.